The van der Waals surface area contributed by atoms with Crippen LogP contribution in [0.25, 0.3) is 44.4 Å². The zero-order valence-electron chi connectivity index (χ0n) is 18.8. The Labute approximate surface area is 201 Å². The van der Waals surface area contributed by atoms with E-state index in [9.17, 15) is 0 Å². The van der Waals surface area contributed by atoms with E-state index in [1.54, 1.807) is 0 Å². The normalized spacial score (nSPS) is 12.5. The Kier molecular flexibility index (Phi) is 3.66. The molecule has 0 amide bonds. The molecule has 0 aliphatic carbocycles. The van der Waals surface area contributed by atoms with Crippen molar-refractivity contribution in [3.63, 3.8) is 0 Å². The number of rotatable bonds is 2. The topological polar surface area (TPSA) is 40.5 Å². The second-order valence-electron chi connectivity index (χ2n) is 9.08. The predicted octanol–water partition coefficient (Wildman–Crippen LogP) is 6.99. The molecule has 1 N–H and O–H groups in total. The van der Waals surface area contributed by atoms with Gasteiger partial charge in [0.2, 0.25) is 0 Å². The Balaban J connectivity index is 1.48. The highest BCUT2D eigenvalue weighted by Crippen LogP contribution is 2.48. The molecule has 2 aliphatic rings. The minimum atomic E-state index is 0.986. The van der Waals surface area contributed by atoms with Crippen molar-refractivity contribution < 1.29 is 0 Å². The lowest BCUT2D eigenvalue weighted by Crippen LogP contribution is -2.01. The van der Waals surface area contributed by atoms with Gasteiger partial charge in [-0.3, -0.25) is 0 Å². The molecule has 0 saturated heterocycles. The third-order valence-corrected chi connectivity index (χ3v) is 7.15. The van der Waals surface area contributed by atoms with Crippen LogP contribution < -0.4 is 10.7 Å². The first-order valence-electron chi connectivity index (χ1n) is 11.9. The molecule has 0 spiro atoms. The first-order valence-corrected chi connectivity index (χ1v) is 11.9. The summed E-state index contributed by atoms with van der Waals surface area (Å²) in [4.78, 5) is 13.8. The highest BCUT2D eigenvalue weighted by molar-refractivity contribution is 6.07. The summed E-state index contributed by atoms with van der Waals surface area (Å²) in [5, 5.41) is 5.60. The first-order chi connectivity index (χ1) is 17.4. The number of fused-ring (bicyclic) bond motifs is 7. The minimum absolute atomic E-state index is 0.986. The van der Waals surface area contributed by atoms with Gasteiger partial charge >= 0.3 is 0 Å². The highest BCUT2D eigenvalue weighted by atomic mass is 14.8. The predicted molar refractivity (Wildman–Crippen MR) is 140 cm³/mol. The van der Waals surface area contributed by atoms with Crippen molar-refractivity contribution in [2.24, 2.45) is 9.98 Å². The summed E-state index contributed by atoms with van der Waals surface area (Å²) in [6.45, 7) is 0. The van der Waals surface area contributed by atoms with Crippen LogP contribution in [0.4, 0.5) is 11.4 Å². The van der Waals surface area contributed by atoms with Gasteiger partial charge in [0.05, 0.1) is 27.8 Å². The smallest absolute Gasteiger partial charge is 0.0817 e. The van der Waals surface area contributed by atoms with Crippen LogP contribution in [0.3, 0.4) is 0 Å². The van der Waals surface area contributed by atoms with Crippen molar-refractivity contribution >= 4 is 22.3 Å². The van der Waals surface area contributed by atoms with E-state index in [1.807, 2.05) is 0 Å². The van der Waals surface area contributed by atoms with E-state index in [0.29, 0.717) is 0 Å². The average Bonchev–Trinajstić information content (AvgIpc) is 3.59. The number of H-pyrrole nitrogens is 1. The van der Waals surface area contributed by atoms with Crippen molar-refractivity contribution in [1.29, 1.82) is 0 Å². The molecule has 0 bridgehead atoms. The third kappa shape index (κ3) is 2.55. The molecular formula is C32H19N3. The van der Waals surface area contributed by atoms with Crippen LogP contribution in [0.15, 0.2) is 119 Å². The molecule has 162 valence electrons. The number of benzene rings is 5. The van der Waals surface area contributed by atoms with Crippen LogP contribution in [-0.2, 0) is 0 Å². The van der Waals surface area contributed by atoms with Gasteiger partial charge in [-0.25, -0.2) is 9.98 Å². The Morgan fingerprint density at radius 3 is 2.29 bits per heavy atom. The van der Waals surface area contributed by atoms with Gasteiger partial charge < -0.3 is 4.98 Å². The van der Waals surface area contributed by atoms with Crippen LogP contribution >= 0.6 is 0 Å². The molecule has 0 unspecified atom stereocenters. The fraction of sp³-hybridized carbons (Fsp3) is 0. The molecule has 8 rings (SSSR count). The SMILES string of the molecule is c1ccc(-c2c(-c3cccc4c3-c3c5c(ccc3=N4)=c3ccccc3=N5)[nH]c3ccccc23)cc1. The zero-order chi connectivity index (χ0) is 22.9. The van der Waals surface area contributed by atoms with Crippen LogP contribution in [0, 0.1) is 10.4 Å². The van der Waals surface area contributed by atoms with E-state index < -0.39 is 0 Å². The van der Waals surface area contributed by atoms with E-state index in [2.05, 4.69) is 114 Å². The van der Waals surface area contributed by atoms with Crippen LogP contribution in [0.1, 0.15) is 0 Å². The second kappa shape index (κ2) is 6.87. The van der Waals surface area contributed by atoms with E-state index >= 15 is 0 Å². The van der Waals surface area contributed by atoms with Gasteiger partial charge in [-0.1, -0.05) is 78.9 Å². The van der Waals surface area contributed by atoms with Crippen molar-refractivity contribution in [3.05, 3.63) is 130 Å². The molecule has 0 radical (unpaired) electrons. The molecule has 6 aromatic rings. The molecule has 0 saturated carbocycles. The number of nitrogens with one attached hydrogen (secondary N) is 1. The van der Waals surface area contributed by atoms with Gasteiger partial charge in [-0.15, -0.1) is 0 Å². The molecule has 3 nitrogen and oxygen atoms in total. The fourth-order valence-electron chi connectivity index (χ4n) is 5.66. The van der Waals surface area contributed by atoms with Crippen LogP contribution in [0.2, 0.25) is 0 Å². The lowest BCUT2D eigenvalue weighted by Gasteiger charge is -2.12. The van der Waals surface area contributed by atoms with Crippen molar-refractivity contribution in [2.75, 3.05) is 0 Å². The maximum atomic E-state index is 5.07. The number of nitrogens with zero attached hydrogens (tertiary/aromatic N) is 2. The Morgan fingerprint density at radius 1 is 0.514 bits per heavy atom. The number of hydrogen-bond acceptors (Lipinski definition) is 2. The monoisotopic (exact) mass is 445 g/mol. The lowest BCUT2D eigenvalue weighted by atomic mass is 9.92. The van der Waals surface area contributed by atoms with Gasteiger partial charge in [0.15, 0.2) is 0 Å². The molecule has 2 aliphatic heterocycles. The standard InChI is InChI=1S/C32H19N3/c1-2-9-19(10-3-1)28-22-12-5-7-15-25(22)35-32(28)23-13-8-16-26-29(23)30-27(33-26)18-17-21-20-11-4-6-14-24(20)34-31(21)30/h1-18,35H. The number of para-hydroxylation sites is 2. The van der Waals surface area contributed by atoms with Gasteiger partial charge in [0.25, 0.3) is 0 Å². The number of aromatic amines is 1. The van der Waals surface area contributed by atoms with Crippen molar-refractivity contribution in [2.45, 2.75) is 0 Å². The van der Waals surface area contributed by atoms with Crippen LogP contribution in [-0.4, -0.2) is 4.98 Å². The quantitative estimate of drug-likeness (QED) is 0.298. The van der Waals surface area contributed by atoms with Gasteiger partial charge in [-0.05, 0) is 35.9 Å². The summed E-state index contributed by atoms with van der Waals surface area (Å²) >= 11 is 0. The van der Waals surface area contributed by atoms with Crippen molar-refractivity contribution in [3.8, 4) is 33.5 Å². The Hall–Kier alpha value is -4.76. The van der Waals surface area contributed by atoms with E-state index in [1.165, 1.54) is 27.0 Å². The zero-order valence-corrected chi connectivity index (χ0v) is 18.8. The average molecular weight is 446 g/mol. The van der Waals surface area contributed by atoms with Gasteiger partial charge in [0, 0.05) is 43.6 Å². The summed E-state index contributed by atoms with van der Waals surface area (Å²) in [6.07, 6.45) is 0. The summed E-state index contributed by atoms with van der Waals surface area (Å²) < 4.78 is 0. The first kappa shape index (κ1) is 18.6. The van der Waals surface area contributed by atoms with E-state index in [0.717, 1.165) is 50.0 Å². The van der Waals surface area contributed by atoms with Crippen LogP contribution in [0.5, 0.6) is 0 Å². The molecule has 0 atom stereocenters. The molecule has 0 fully saturated rings. The van der Waals surface area contributed by atoms with E-state index in [4.69, 9.17) is 9.98 Å². The summed E-state index contributed by atoms with van der Waals surface area (Å²) in [5.41, 5.74) is 10.1. The largest absolute Gasteiger partial charge is 0.354 e. The highest BCUT2D eigenvalue weighted by Gasteiger charge is 2.26. The number of hydrogen-bond donors (Lipinski definition) is 1. The molecule has 35 heavy (non-hydrogen) atoms. The fourth-order valence-corrected chi connectivity index (χ4v) is 5.66. The summed E-state index contributed by atoms with van der Waals surface area (Å²) in [5.74, 6) is 0. The molecule has 5 aromatic carbocycles. The van der Waals surface area contributed by atoms with Crippen molar-refractivity contribution in [1.82, 2.24) is 4.98 Å². The van der Waals surface area contributed by atoms with Gasteiger partial charge in [0.1, 0.15) is 0 Å². The van der Waals surface area contributed by atoms with E-state index in [-0.39, 0.29) is 0 Å². The summed E-state index contributed by atoms with van der Waals surface area (Å²) in [7, 11) is 0. The molecule has 3 heterocycles. The molecule has 3 heteroatoms. The lowest BCUT2D eigenvalue weighted by molar-refractivity contribution is 1.36. The summed E-state index contributed by atoms with van der Waals surface area (Å²) in [6, 6.07) is 38.3. The minimum Gasteiger partial charge on any atom is -0.354 e. The maximum Gasteiger partial charge on any atom is 0.0817 e. The Morgan fingerprint density at radius 2 is 1.34 bits per heavy atom. The second-order valence-corrected chi connectivity index (χ2v) is 9.08. The maximum absolute atomic E-state index is 5.07. The Bertz CT molecular complexity index is 2050. The third-order valence-electron chi connectivity index (χ3n) is 7.15. The molecular weight excluding hydrogens is 426 g/mol. The molecule has 1 aromatic heterocycles. The number of aromatic nitrogens is 1. The van der Waals surface area contributed by atoms with Gasteiger partial charge in [-0.2, -0.15) is 0 Å².